The van der Waals surface area contributed by atoms with Crippen LogP contribution in [0.15, 0.2) is 0 Å². The van der Waals surface area contributed by atoms with Gasteiger partial charge in [-0.2, -0.15) is 0 Å². The second kappa shape index (κ2) is 8.25. The van der Waals surface area contributed by atoms with Crippen molar-refractivity contribution in [3.8, 4) is 0 Å². The summed E-state index contributed by atoms with van der Waals surface area (Å²) >= 11 is 0. The van der Waals surface area contributed by atoms with E-state index in [1.54, 1.807) is 0 Å². The van der Waals surface area contributed by atoms with E-state index in [-0.39, 0.29) is 31.7 Å². The summed E-state index contributed by atoms with van der Waals surface area (Å²) in [4.78, 5) is 22.0. The monoisotopic (exact) mass is 306 g/mol. The zero-order valence-corrected chi connectivity index (χ0v) is 11.5. The summed E-state index contributed by atoms with van der Waals surface area (Å²) in [7, 11) is 0. The normalized spacial score (nSPS) is 32.7. The molecule has 9 heteroatoms. The van der Waals surface area contributed by atoms with Gasteiger partial charge < -0.3 is 36.2 Å². The van der Waals surface area contributed by atoms with Crippen molar-refractivity contribution in [3.05, 3.63) is 0 Å². The zero-order chi connectivity index (χ0) is 16.0. The Balaban J connectivity index is 2.39. The van der Waals surface area contributed by atoms with Gasteiger partial charge in [0.15, 0.2) is 0 Å². The average Bonchev–Trinajstić information content (AvgIpc) is 2.43. The summed E-state index contributed by atoms with van der Waals surface area (Å²) in [5.41, 5.74) is 4.93. The van der Waals surface area contributed by atoms with E-state index in [1.165, 1.54) is 0 Å². The van der Waals surface area contributed by atoms with Crippen molar-refractivity contribution in [1.82, 2.24) is 5.32 Å². The molecule has 21 heavy (non-hydrogen) atoms. The highest BCUT2D eigenvalue weighted by molar-refractivity contribution is 5.78. The average molecular weight is 306 g/mol. The molecule has 5 atom stereocenters. The minimum atomic E-state index is -1.45. The summed E-state index contributed by atoms with van der Waals surface area (Å²) < 4.78 is 5.26. The molecule has 1 rings (SSSR count). The minimum absolute atomic E-state index is 0.00144. The Hall–Kier alpha value is -1.26. The van der Waals surface area contributed by atoms with E-state index >= 15 is 0 Å². The lowest BCUT2D eigenvalue weighted by Crippen LogP contribution is -2.58. The third kappa shape index (κ3) is 5.21. The van der Waals surface area contributed by atoms with Crippen LogP contribution in [0.5, 0.6) is 0 Å². The molecule has 1 saturated heterocycles. The molecule has 7 N–H and O–H groups in total. The summed E-state index contributed by atoms with van der Waals surface area (Å²) in [6.07, 6.45) is -5.92. The standard InChI is InChI=1S/C12H22N2O7/c13-8(16)3-4-14-9(17)2-1-6-10(18)12(20)11(19)7(5-15)21-6/h6-7,10-12,15,18-20H,1-5H2,(H2,13,16)(H,14,17)/t6-,7+,10?,11+,12+/m0/s1. The Kier molecular flexibility index (Phi) is 6.99. The maximum Gasteiger partial charge on any atom is 0.220 e. The van der Waals surface area contributed by atoms with Gasteiger partial charge in [-0.15, -0.1) is 0 Å². The van der Waals surface area contributed by atoms with Crippen LogP contribution in [0.3, 0.4) is 0 Å². The van der Waals surface area contributed by atoms with Gasteiger partial charge >= 0.3 is 0 Å². The van der Waals surface area contributed by atoms with Crippen LogP contribution in [-0.4, -0.2) is 75.9 Å². The number of carbonyl (C=O) groups excluding carboxylic acids is 2. The fourth-order valence-corrected chi connectivity index (χ4v) is 2.10. The van der Waals surface area contributed by atoms with Crippen molar-refractivity contribution in [2.45, 2.75) is 49.8 Å². The van der Waals surface area contributed by atoms with E-state index < -0.39 is 43.0 Å². The molecular formula is C12H22N2O7. The number of carbonyl (C=O) groups is 2. The van der Waals surface area contributed by atoms with Crippen LogP contribution in [0.2, 0.25) is 0 Å². The van der Waals surface area contributed by atoms with Crippen molar-refractivity contribution >= 4 is 11.8 Å². The Morgan fingerprint density at radius 3 is 2.24 bits per heavy atom. The lowest BCUT2D eigenvalue weighted by atomic mass is 9.93. The Labute approximate surface area is 121 Å². The second-order valence-electron chi connectivity index (χ2n) is 4.97. The molecule has 0 saturated carbocycles. The first-order valence-electron chi connectivity index (χ1n) is 6.72. The van der Waals surface area contributed by atoms with Crippen LogP contribution in [0.4, 0.5) is 0 Å². The first-order valence-corrected chi connectivity index (χ1v) is 6.72. The highest BCUT2D eigenvalue weighted by Crippen LogP contribution is 2.23. The first-order chi connectivity index (χ1) is 9.86. The lowest BCUT2D eigenvalue weighted by Gasteiger charge is -2.40. The summed E-state index contributed by atoms with van der Waals surface area (Å²) in [5, 5.41) is 40.5. The molecule has 1 heterocycles. The summed E-state index contributed by atoms with van der Waals surface area (Å²) in [5.74, 6) is -0.877. The predicted octanol–water partition coefficient (Wildman–Crippen LogP) is -3.40. The summed E-state index contributed by atoms with van der Waals surface area (Å²) in [6.45, 7) is -0.380. The minimum Gasteiger partial charge on any atom is -0.394 e. The van der Waals surface area contributed by atoms with Crippen LogP contribution in [0.25, 0.3) is 0 Å². The third-order valence-electron chi connectivity index (χ3n) is 3.34. The van der Waals surface area contributed by atoms with Gasteiger partial charge in [0, 0.05) is 19.4 Å². The number of nitrogens with one attached hydrogen (secondary N) is 1. The highest BCUT2D eigenvalue weighted by Gasteiger charge is 2.43. The number of aliphatic hydroxyl groups excluding tert-OH is 4. The van der Waals surface area contributed by atoms with Crippen molar-refractivity contribution < 1.29 is 34.8 Å². The molecule has 0 aromatic heterocycles. The maximum atomic E-state index is 11.5. The number of primary amides is 1. The van der Waals surface area contributed by atoms with Gasteiger partial charge in [0.2, 0.25) is 11.8 Å². The fraction of sp³-hybridized carbons (Fsp3) is 0.833. The molecule has 1 unspecified atom stereocenters. The molecule has 9 nitrogen and oxygen atoms in total. The van der Waals surface area contributed by atoms with Crippen LogP contribution >= 0.6 is 0 Å². The van der Waals surface area contributed by atoms with E-state index in [2.05, 4.69) is 5.32 Å². The van der Waals surface area contributed by atoms with Gasteiger partial charge in [0.25, 0.3) is 0 Å². The smallest absolute Gasteiger partial charge is 0.220 e. The van der Waals surface area contributed by atoms with Crippen LogP contribution in [0, 0.1) is 0 Å². The van der Waals surface area contributed by atoms with E-state index in [0.29, 0.717) is 0 Å². The molecule has 1 aliphatic rings. The molecule has 0 spiro atoms. The Morgan fingerprint density at radius 2 is 1.67 bits per heavy atom. The molecule has 122 valence electrons. The predicted molar refractivity (Wildman–Crippen MR) is 69.8 cm³/mol. The highest BCUT2D eigenvalue weighted by atomic mass is 16.5. The van der Waals surface area contributed by atoms with Crippen molar-refractivity contribution in [1.29, 1.82) is 0 Å². The number of hydrogen-bond acceptors (Lipinski definition) is 7. The number of hydrogen-bond donors (Lipinski definition) is 6. The van der Waals surface area contributed by atoms with Crippen molar-refractivity contribution in [2.24, 2.45) is 5.73 Å². The van der Waals surface area contributed by atoms with Gasteiger partial charge in [-0.3, -0.25) is 9.59 Å². The van der Waals surface area contributed by atoms with Crippen LogP contribution in [-0.2, 0) is 14.3 Å². The SMILES string of the molecule is NC(=O)CCNC(=O)CC[C@@H]1O[C@H](CO)[C@@H](O)[C@H](O)C1O. The molecule has 0 aromatic rings. The molecular weight excluding hydrogens is 284 g/mol. The van der Waals surface area contributed by atoms with Crippen molar-refractivity contribution in [2.75, 3.05) is 13.2 Å². The molecule has 0 aliphatic carbocycles. The Bertz CT molecular complexity index is 364. The van der Waals surface area contributed by atoms with E-state index in [0.717, 1.165) is 0 Å². The van der Waals surface area contributed by atoms with E-state index in [9.17, 15) is 24.9 Å². The summed E-state index contributed by atoms with van der Waals surface area (Å²) in [6, 6.07) is 0. The van der Waals surface area contributed by atoms with Crippen LogP contribution < -0.4 is 11.1 Å². The van der Waals surface area contributed by atoms with Gasteiger partial charge in [0.05, 0.1) is 12.7 Å². The largest absolute Gasteiger partial charge is 0.394 e. The number of aliphatic hydroxyl groups is 4. The first kappa shape index (κ1) is 17.8. The van der Waals surface area contributed by atoms with Crippen LogP contribution in [0.1, 0.15) is 19.3 Å². The maximum absolute atomic E-state index is 11.5. The molecule has 0 radical (unpaired) electrons. The quantitative estimate of drug-likeness (QED) is 0.285. The fourth-order valence-electron chi connectivity index (χ4n) is 2.10. The second-order valence-corrected chi connectivity index (χ2v) is 4.97. The third-order valence-corrected chi connectivity index (χ3v) is 3.34. The number of rotatable bonds is 7. The van der Waals surface area contributed by atoms with Crippen molar-refractivity contribution in [3.63, 3.8) is 0 Å². The van der Waals surface area contributed by atoms with Gasteiger partial charge in [-0.25, -0.2) is 0 Å². The zero-order valence-electron chi connectivity index (χ0n) is 11.5. The molecule has 0 aromatic carbocycles. The van der Waals surface area contributed by atoms with E-state index in [4.69, 9.17) is 15.6 Å². The number of nitrogens with two attached hydrogens (primary N) is 1. The molecule has 1 fully saturated rings. The van der Waals surface area contributed by atoms with E-state index in [1.807, 2.05) is 0 Å². The molecule has 1 aliphatic heterocycles. The molecule has 2 amide bonds. The molecule has 0 bridgehead atoms. The van der Waals surface area contributed by atoms with Gasteiger partial charge in [-0.05, 0) is 6.42 Å². The number of ether oxygens (including phenoxy) is 1. The topological polar surface area (TPSA) is 162 Å². The van der Waals surface area contributed by atoms with Gasteiger partial charge in [-0.1, -0.05) is 0 Å². The Morgan fingerprint density at radius 1 is 1.05 bits per heavy atom. The lowest BCUT2D eigenvalue weighted by molar-refractivity contribution is -0.230. The van der Waals surface area contributed by atoms with Gasteiger partial charge in [0.1, 0.15) is 24.4 Å². The number of amides is 2.